The number of pyridine rings is 1. The summed E-state index contributed by atoms with van der Waals surface area (Å²) in [7, 11) is 0. The summed E-state index contributed by atoms with van der Waals surface area (Å²) in [6, 6.07) is 11.6. The summed E-state index contributed by atoms with van der Waals surface area (Å²) in [6.45, 7) is 0.470. The topological polar surface area (TPSA) is 77.3 Å². The molecule has 2 aliphatic heterocycles. The van der Waals surface area contributed by atoms with Crippen LogP contribution in [-0.2, 0) is 26.7 Å². The number of imidazole rings is 1. The van der Waals surface area contributed by atoms with Crippen molar-refractivity contribution in [2.45, 2.75) is 36.5 Å². The van der Waals surface area contributed by atoms with E-state index in [9.17, 15) is 22.8 Å². The standard InChI is InChI=1S/C28H20F4N4O3/c29-20-13-16(36-22-4-2-1-3-21(22)34-24(36)28(30,31)32)5-6-19(20)26(8-9-26)25(38)35-12-10-27(15-35)18-7-11-33-14-17(18)23(37)39-27/h1-7,11,13-14H,8-10,12,15H2. The number of nitrogens with zero attached hydrogens (tertiary/aromatic N) is 4. The highest BCUT2D eigenvalue weighted by Gasteiger charge is 2.58. The van der Waals surface area contributed by atoms with Crippen molar-refractivity contribution >= 4 is 22.9 Å². The van der Waals surface area contributed by atoms with Crippen LogP contribution >= 0.6 is 0 Å². The Bertz CT molecular complexity index is 1690. The number of likely N-dealkylation sites (tertiary alicyclic amines) is 1. The van der Waals surface area contributed by atoms with Gasteiger partial charge in [-0.05, 0) is 43.2 Å². The van der Waals surface area contributed by atoms with Gasteiger partial charge >= 0.3 is 12.1 Å². The molecule has 1 saturated heterocycles. The Morgan fingerprint density at radius 3 is 2.56 bits per heavy atom. The van der Waals surface area contributed by atoms with E-state index in [1.54, 1.807) is 29.3 Å². The van der Waals surface area contributed by atoms with E-state index in [1.165, 1.54) is 30.5 Å². The molecule has 1 aliphatic carbocycles. The van der Waals surface area contributed by atoms with E-state index in [0.717, 1.165) is 10.6 Å². The Morgan fingerprint density at radius 1 is 1.03 bits per heavy atom. The summed E-state index contributed by atoms with van der Waals surface area (Å²) in [5.74, 6) is -2.69. The number of carbonyl (C=O) groups is 2. The number of amides is 1. The molecule has 1 unspecified atom stereocenters. The number of ether oxygens (including phenoxy) is 1. The number of para-hydroxylation sites is 2. The van der Waals surface area contributed by atoms with Crippen LogP contribution in [0.1, 0.15) is 46.6 Å². The largest absolute Gasteiger partial charge is 0.450 e. The smallest absolute Gasteiger partial charge is 0.449 e. The van der Waals surface area contributed by atoms with Crippen molar-refractivity contribution < 1.29 is 31.9 Å². The lowest BCUT2D eigenvalue weighted by molar-refractivity contribution is -0.145. The Morgan fingerprint density at radius 2 is 1.82 bits per heavy atom. The molecule has 0 N–H and O–H groups in total. The minimum Gasteiger partial charge on any atom is -0.449 e. The van der Waals surface area contributed by atoms with Gasteiger partial charge in [-0.2, -0.15) is 13.2 Å². The fourth-order valence-corrected chi connectivity index (χ4v) is 6.04. The molecule has 198 valence electrons. The molecule has 4 aromatic rings. The molecule has 2 aromatic heterocycles. The first-order chi connectivity index (χ1) is 18.6. The maximum atomic E-state index is 15.6. The predicted octanol–water partition coefficient (Wildman–Crippen LogP) is 4.91. The Balaban J connectivity index is 1.21. The van der Waals surface area contributed by atoms with Gasteiger partial charge in [0.2, 0.25) is 11.7 Å². The Hall–Kier alpha value is -4.28. The van der Waals surface area contributed by atoms with E-state index in [0.29, 0.717) is 36.9 Å². The number of benzene rings is 2. The number of hydrogen-bond donors (Lipinski definition) is 0. The van der Waals surface area contributed by atoms with E-state index in [2.05, 4.69) is 9.97 Å². The normalized spacial score (nSPS) is 21.4. The second-order valence-corrected chi connectivity index (χ2v) is 10.3. The van der Waals surface area contributed by atoms with Crippen molar-refractivity contribution in [3.8, 4) is 5.69 Å². The number of rotatable bonds is 3. The van der Waals surface area contributed by atoms with Crippen molar-refractivity contribution in [3.63, 3.8) is 0 Å². The average Bonchev–Trinajstić information content (AvgIpc) is 3.32. The third-order valence-corrected chi connectivity index (χ3v) is 8.04. The molecule has 11 heteroatoms. The quantitative estimate of drug-likeness (QED) is 0.275. The van der Waals surface area contributed by atoms with Crippen molar-refractivity contribution in [2.24, 2.45) is 0 Å². The number of alkyl halides is 3. The van der Waals surface area contributed by atoms with Crippen LogP contribution in [0.2, 0.25) is 0 Å². The van der Waals surface area contributed by atoms with Gasteiger partial charge in [0.05, 0.1) is 34.2 Å². The third kappa shape index (κ3) is 3.41. The Labute approximate surface area is 219 Å². The second-order valence-electron chi connectivity index (χ2n) is 10.3. The minimum atomic E-state index is -4.76. The molecule has 39 heavy (non-hydrogen) atoms. The van der Waals surface area contributed by atoms with Crippen LogP contribution in [0.5, 0.6) is 0 Å². The SMILES string of the molecule is O=C1OC2(CCN(C(=O)C3(c4ccc(-n5c(C(F)(F)F)nc6ccccc65)cc4F)CC3)C2)c2ccncc21. The number of halogens is 4. The molecule has 1 spiro atoms. The van der Waals surface area contributed by atoms with Gasteiger partial charge in [0, 0.05) is 36.5 Å². The van der Waals surface area contributed by atoms with Gasteiger partial charge in [-0.25, -0.2) is 14.2 Å². The van der Waals surface area contributed by atoms with Crippen molar-refractivity contribution in [3.05, 3.63) is 89.3 Å². The summed E-state index contributed by atoms with van der Waals surface area (Å²) < 4.78 is 63.7. The summed E-state index contributed by atoms with van der Waals surface area (Å²) in [4.78, 5) is 35.4. The van der Waals surface area contributed by atoms with Gasteiger partial charge in [-0.15, -0.1) is 0 Å². The first-order valence-electron chi connectivity index (χ1n) is 12.5. The summed E-state index contributed by atoms with van der Waals surface area (Å²) in [5.41, 5.74) is -0.575. The van der Waals surface area contributed by atoms with Crippen LogP contribution in [0.3, 0.4) is 0 Å². The average molecular weight is 536 g/mol. The number of aromatic nitrogens is 3. The monoisotopic (exact) mass is 536 g/mol. The highest BCUT2D eigenvalue weighted by molar-refractivity contribution is 5.95. The van der Waals surface area contributed by atoms with Gasteiger partial charge in [0.25, 0.3) is 0 Å². The lowest BCUT2D eigenvalue weighted by Crippen LogP contribution is -2.40. The van der Waals surface area contributed by atoms with Crippen LogP contribution in [0.15, 0.2) is 60.9 Å². The lowest BCUT2D eigenvalue weighted by Gasteiger charge is -2.27. The maximum Gasteiger partial charge on any atom is 0.450 e. The number of carbonyl (C=O) groups excluding carboxylic acids is 2. The van der Waals surface area contributed by atoms with Crippen LogP contribution < -0.4 is 0 Å². The zero-order valence-corrected chi connectivity index (χ0v) is 20.3. The zero-order valence-electron chi connectivity index (χ0n) is 20.3. The van der Waals surface area contributed by atoms with E-state index < -0.39 is 34.8 Å². The summed E-state index contributed by atoms with van der Waals surface area (Å²) in [5, 5.41) is 0. The van der Waals surface area contributed by atoms with Crippen LogP contribution in [0, 0.1) is 5.82 Å². The minimum absolute atomic E-state index is 0.0382. The van der Waals surface area contributed by atoms with Gasteiger partial charge in [-0.3, -0.25) is 14.3 Å². The van der Waals surface area contributed by atoms with Gasteiger partial charge in [-0.1, -0.05) is 18.2 Å². The fraction of sp³-hybridized carbons (Fsp3) is 0.286. The van der Waals surface area contributed by atoms with Gasteiger partial charge in [0.15, 0.2) is 5.60 Å². The number of hydrogen-bond acceptors (Lipinski definition) is 5. The first kappa shape index (κ1) is 23.8. The third-order valence-electron chi connectivity index (χ3n) is 8.04. The molecule has 1 saturated carbocycles. The van der Waals surface area contributed by atoms with Crippen LogP contribution in [-0.4, -0.2) is 44.4 Å². The molecule has 7 rings (SSSR count). The van der Waals surface area contributed by atoms with E-state index in [4.69, 9.17) is 4.74 Å². The van der Waals surface area contributed by atoms with E-state index >= 15 is 4.39 Å². The van der Waals surface area contributed by atoms with Crippen molar-refractivity contribution in [2.75, 3.05) is 13.1 Å². The molecule has 0 radical (unpaired) electrons. The highest BCUT2D eigenvalue weighted by Crippen LogP contribution is 2.53. The van der Waals surface area contributed by atoms with Gasteiger partial charge in [0.1, 0.15) is 5.82 Å². The van der Waals surface area contributed by atoms with Crippen LogP contribution in [0.4, 0.5) is 17.6 Å². The molecule has 1 atom stereocenters. The van der Waals surface area contributed by atoms with Crippen molar-refractivity contribution in [1.82, 2.24) is 19.4 Å². The summed E-state index contributed by atoms with van der Waals surface area (Å²) in [6.07, 6.45) is -0.510. The molecule has 4 heterocycles. The van der Waals surface area contributed by atoms with Gasteiger partial charge < -0.3 is 9.64 Å². The number of fused-ring (bicyclic) bond motifs is 3. The summed E-state index contributed by atoms with van der Waals surface area (Å²) >= 11 is 0. The van der Waals surface area contributed by atoms with E-state index in [-0.39, 0.29) is 34.7 Å². The lowest BCUT2D eigenvalue weighted by atomic mass is 9.92. The molecule has 1 amide bonds. The number of esters is 1. The van der Waals surface area contributed by atoms with Crippen LogP contribution in [0.25, 0.3) is 16.7 Å². The fourth-order valence-electron chi connectivity index (χ4n) is 6.04. The highest BCUT2D eigenvalue weighted by atomic mass is 19.4. The molecule has 2 fully saturated rings. The maximum absolute atomic E-state index is 15.6. The molecule has 0 bridgehead atoms. The van der Waals surface area contributed by atoms with Crippen molar-refractivity contribution in [1.29, 1.82) is 0 Å². The molecular weight excluding hydrogens is 516 g/mol. The first-order valence-corrected chi connectivity index (χ1v) is 12.5. The molecular formula is C28H20F4N4O3. The zero-order chi connectivity index (χ0) is 27.2. The predicted molar refractivity (Wildman–Crippen MR) is 129 cm³/mol. The van der Waals surface area contributed by atoms with E-state index in [1.807, 2.05) is 0 Å². The molecule has 7 nitrogen and oxygen atoms in total. The molecule has 3 aliphatic rings. The Kier molecular flexibility index (Phi) is 4.81. The second kappa shape index (κ2) is 7.87. The molecule has 2 aromatic carbocycles.